The Morgan fingerprint density at radius 3 is 2.38 bits per heavy atom. The number of halogens is 4. The Morgan fingerprint density at radius 2 is 1.72 bits per heavy atom. The van der Waals surface area contributed by atoms with Gasteiger partial charge in [0.15, 0.2) is 0 Å². The molecule has 29 heavy (non-hydrogen) atoms. The molecule has 0 spiro atoms. The highest BCUT2D eigenvalue weighted by Crippen LogP contribution is 2.38. The summed E-state index contributed by atoms with van der Waals surface area (Å²) in [5.41, 5.74) is 2.82. The highest BCUT2D eigenvalue weighted by atomic mass is 127. The molecule has 0 aliphatic heterocycles. The van der Waals surface area contributed by atoms with Gasteiger partial charge in [0.05, 0.1) is 31.6 Å². The smallest absolute Gasteiger partial charge is 0.416 e. The molecule has 0 aliphatic rings. The minimum absolute atomic E-state index is 0.0922. The number of hydrogen-bond donors (Lipinski definition) is 0. The van der Waals surface area contributed by atoms with Gasteiger partial charge in [0.25, 0.3) is 0 Å². The molecule has 4 nitrogen and oxygen atoms in total. The lowest BCUT2D eigenvalue weighted by Gasteiger charge is -2.16. The van der Waals surface area contributed by atoms with Crippen LogP contribution in [0.5, 0.6) is 5.75 Å². The van der Waals surface area contributed by atoms with Crippen molar-refractivity contribution >= 4 is 22.6 Å². The molecule has 0 amide bonds. The van der Waals surface area contributed by atoms with E-state index in [0.717, 1.165) is 28.8 Å². The standard InChI is InChI=1S/C21H18F3IN2O2/c1-13-17(12-29-11-14-6-4-3-5-7-14)20(25)27-26-19(13)16-9-8-15(21(22,23)24)10-18(16)28-2/h3-10H,11-12H2,1-2H3. The van der Waals surface area contributed by atoms with Gasteiger partial charge in [-0.2, -0.15) is 13.2 Å². The van der Waals surface area contributed by atoms with Gasteiger partial charge >= 0.3 is 6.18 Å². The van der Waals surface area contributed by atoms with Crippen LogP contribution in [0.3, 0.4) is 0 Å². The van der Waals surface area contributed by atoms with Crippen molar-refractivity contribution in [2.45, 2.75) is 26.3 Å². The molecule has 0 saturated carbocycles. The normalized spacial score (nSPS) is 11.5. The second-order valence-corrected chi connectivity index (χ2v) is 7.36. The van der Waals surface area contributed by atoms with E-state index in [4.69, 9.17) is 9.47 Å². The lowest BCUT2D eigenvalue weighted by Crippen LogP contribution is -2.08. The van der Waals surface area contributed by atoms with E-state index in [1.807, 2.05) is 37.3 Å². The first kappa shape index (κ1) is 21.5. The van der Waals surface area contributed by atoms with Gasteiger partial charge in [0.1, 0.15) is 9.45 Å². The highest BCUT2D eigenvalue weighted by Gasteiger charge is 2.31. The molecule has 0 atom stereocenters. The summed E-state index contributed by atoms with van der Waals surface area (Å²) in [6.07, 6.45) is -4.45. The molecule has 0 aliphatic carbocycles. The van der Waals surface area contributed by atoms with Crippen molar-refractivity contribution in [2.75, 3.05) is 7.11 Å². The first-order valence-corrected chi connectivity index (χ1v) is 9.78. The summed E-state index contributed by atoms with van der Waals surface area (Å²) in [7, 11) is 1.33. The Morgan fingerprint density at radius 1 is 1.00 bits per heavy atom. The van der Waals surface area contributed by atoms with Crippen molar-refractivity contribution in [1.29, 1.82) is 0 Å². The third-order valence-electron chi connectivity index (χ3n) is 4.44. The Hall–Kier alpha value is -2.20. The summed E-state index contributed by atoms with van der Waals surface area (Å²) in [6, 6.07) is 13.1. The van der Waals surface area contributed by atoms with E-state index in [-0.39, 0.29) is 5.75 Å². The molecule has 0 radical (unpaired) electrons. The summed E-state index contributed by atoms with van der Waals surface area (Å²) in [5.74, 6) is 0.0922. The number of hydrogen-bond acceptors (Lipinski definition) is 4. The summed E-state index contributed by atoms with van der Waals surface area (Å²) in [4.78, 5) is 0. The number of ether oxygens (including phenoxy) is 2. The topological polar surface area (TPSA) is 44.2 Å². The largest absolute Gasteiger partial charge is 0.496 e. The van der Waals surface area contributed by atoms with Crippen molar-refractivity contribution in [3.05, 3.63) is 74.5 Å². The number of benzene rings is 2. The molecule has 3 aromatic rings. The zero-order valence-electron chi connectivity index (χ0n) is 15.8. The van der Waals surface area contributed by atoms with Crippen LogP contribution in [0.2, 0.25) is 0 Å². The van der Waals surface area contributed by atoms with Gasteiger partial charge in [-0.25, -0.2) is 0 Å². The number of aromatic nitrogens is 2. The first-order valence-electron chi connectivity index (χ1n) is 8.70. The number of nitrogens with zero attached hydrogens (tertiary/aromatic N) is 2. The SMILES string of the molecule is COc1cc(C(F)(F)F)ccc1-c1nnc(I)c(COCc2ccccc2)c1C. The monoisotopic (exact) mass is 514 g/mol. The van der Waals surface area contributed by atoms with Crippen LogP contribution >= 0.6 is 22.6 Å². The van der Waals surface area contributed by atoms with Crippen LogP contribution in [-0.2, 0) is 24.1 Å². The van der Waals surface area contributed by atoms with Crippen LogP contribution in [0.1, 0.15) is 22.3 Å². The third kappa shape index (κ3) is 5.05. The Bertz CT molecular complexity index is 995. The molecule has 8 heteroatoms. The van der Waals surface area contributed by atoms with E-state index < -0.39 is 11.7 Å². The fraction of sp³-hybridized carbons (Fsp3) is 0.238. The van der Waals surface area contributed by atoms with Crippen LogP contribution in [0.25, 0.3) is 11.3 Å². The van der Waals surface area contributed by atoms with E-state index in [1.165, 1.54) is 13.2 Å². The number of alkyl halides is 3. The average molecular weight is 514 g/mol. The Balaban J connectivity index is 1.90. The van der Waals surface area contributed by atoms with Gasteiger partial charge in [0.2, 0.25) is 0 Å². The van der Waals surface area contributed by atoms with Crippen LogP contribution < -0.4 is 4.74 Å². The van der Waals surface area contributed by atoms with Gasteiger partial charge in [-0.05, 0) is 58.8 Å². The van der Waals surface area contributed by atoms with Crippen molar-refractivity contribution in [1.82, 2.24) is 10.2 Å². The minimum atomic E-state index is -4.45. The number of methoxy groups -OCH3 is 1. The molecule has 0 saturated heterocycles. The van der Waals surface area contributed by atoms with Gasteiger partial charge in [0, 0.05) is 11.1 Å². The molecule has 0 unspecified atom stereocenters. The predicted octanol–water partition coefficient (Wildman–Crippen LogP) is 5.80. The summed E-state index contributed by atoms with van der Waals surface area (Å²) in [5, 5.41) is 8.37. The molecule has 1 aromatic heterocycles. The molecule has 0 bridgehead atoms. The first-order chi connectivity index (χ1) is 13.8. The molecular weight excluding hydrogens is 496 g/mol. The van der Waals surface area contributed by atoms with Crippen LogP contribution in [0.4, 0.5) is 13.2 Å². The second-order valence-electron chi connectivity index (χ2n) is 6.33. The predicted molar refractivity (Wildman–Crippen MR) is 111 cm³/mol. The molecule has 3 rings (SSSR count). The molecular formula is C21H18F3IN2O2. The maximum atomic E-state index is 13.0. The quantitative estimate of drug-likeness (QED) is 0.390. The molecule has 0 fully saturated rings. The van der Waals surface area contributed by atoms with Gasteiger partial charge in [-0.1, -0.05) is 30.3 Å². The summed E-state index contributed by atoms with van der Waals surface area (Å²) < 4.78 is 50.7. The molecule has 1 heterocycles. The van der Waals surface area contributed by atoms with Gasteiger partial charge in [-0.15, -0.1) is 10.2 Å². The molecule has 152 valence electrons. The average Bonchev–Trinajstić information content (AvgIpc) is 2.70. The van der Waals surface area contributed by atoms with Gasteiger partial charge in [-0.3, -0.25) is 0 Å². The van der Waals surface area contributed by atoms with E-state index in [1.54, 1.807) is 0 Å². The van der Waals surface area contributed by atoms with Crippen molar-refractivity contribution in [3.63, 3.8) is 0 Å². The maximum absolute atomic E-state index is 13.0. The van der Waals surface area contributed by atoms with Crippen molar-refractivity contribution in [2.24, 2.45) is 0 Å². The van der Waals surface area contributed by atoms with Crippen LogP contribution in [0, 0.1) is 10.6 Å². The van der Waals surface area contributed by atoms with E-state index in [9.17, 15) is 13.2 Å². The van der Waals surface area contributed by atoms with Crippen LogP contribution in [0.15, 0.2) is 48.5 Å². The van der Waals surface area contributed by atoms with Crippen molar-refractivity contribution in [3.8, 4) is 17.0 Å². The fourth-order valence-electron chi connectivity index (χ4n) is 2.86. The zero-order valence-corrected chi connectivity index (χ0v) is 17.9. The summed E-state index contributed by atoms with van der Waals surface area (Å²) in [6.45, 7) is 2.60. The molecule has 2 aromatic carbocycles. The fourth-order valence-corrected chi connectivity index (χ4v) is 3.53. The Kier molecular flexibility index (Phi) is 6.74. The molecule has 0 N–H and O–H groups in total. The lowest BCUT2D eigenvalue weighted by atomic mass is 10.0. The third-order valence-corrected chi connectivity index (χ3v) is 5.30. The zero-order chi connectivity index (χ0) is 21.0. The number of rotatable bonds is 6. The van der Waals surface area contributed by atoms with Crippen molar-refractivity contribution < 1.29 is 22.6 Å². The van der Waals surface area contributed by atoms with Crippen LogP contribution in [-0.4, -0.2) is 17.3 Å². The second kappa shape index (κ2) is 9.08. The van der Waals surface area contributed by atoms with E-state index in [0.29, 0.717) is 28.2 Å². The Labute approximate surface area is 180 Å². The van der Waals surface area contributed by atoms with Gasteiger partial charge < -0.3 is 9.47 Å². The van der Waals surface area contributed by atoms with E-state index in [2.05, 4.69) is 32.8 Å². The highest BCUT2D eigenvalue weighted by molar-refractivity contribution is 14.1. The van der Waals surface area contributed by atoms with E-state index >= 15 is 0 Å². The maximum Gasteiger partial charge on any atom is 0.416 e. The minimum Gasteiger partial charge on any atom is -0.496 e. The summed E-state index contributed by atoms with van der Waals surface area (Å²) >= 11 is 2.08. The lowest BCUT2D eigenvalue weighted by molar-refractivity contribution is -0.137.